The van der Waals surface area contributed by atoms with Gasteiger partial charge in [0.25, 0.3) is 5.91 Å². The van der Waals surface area contributed by atoms with Crippen LogP contribution in [0.15, 0.2) is 54.6 Å². The van der Waals surface area contributed by atoms with Crippen LogP contribution in [0.25, 0.3) is 21.1 Å². The van der Waals surface area contributed by atoms with Gasteiger partial charge in [0.1, 0.15) is 5.01 Å². The SMILES string of the molecule is Cc1cccc(-c2nc(C)c(-c3cc(C(=O)N4CCN(c5cccc(Cl)c5)CC4)n[nH]3)s2)c1. The third-order valence-electron chi connectivity index (χ3n) is 5.84. The Morgan fingerprint density at radius 1 is 1.03 bits per heavy atom. The number of hydrogen-bond acceptors (Lipinski definition) is 5. The Hall–Kier alpha value is -3.16. The maximum atomic E-state index is 13.1. The van der Waals surface area contributed by atoms with E-state index in [1.807, 2.05) is 48.2 Å². The average Bonchev–Trinajstić information content (AvgIpc) is 3.45. The van der Waals surface area contributed by atoms with Crippen molar-refractivity contribution in [3.8, 4) is 21.1 Å². The second kappa shape index (κ2) is 9.00. The van der Waals surface area contributed by atoms with Crippen molar-refractivity contribution in [2.45, 2.75) is 13.8 Å². The first-order valence-electron chi connectivity index (χ1n) is 10.9. The molecule has 0 saturated carbocycles. The number of nitrogens with zero attached hydrogens (tertiary/aromatic N) is 4. The van der Waals surface area contributed by atoms with E-state index in [1.165, 1.54) is 5.56 Å². The summed E-state index contributed by atoms with van der Waals surface area (Å²) < 4.78 is 0. The highest BCUT2D eigenvalue weighted by molar-refractivity contribution is 7.18. The van der Waals surface area contributed by atoms with Crippen molar-refractivity contribution in [3.05, 3.63) is 76.6 Å². The average molecular weight is 478 g/mol. The Morgan fingerprint density at radius 2 is 1.82 bits per heavy atom. The second-order valence-corrected chi connectivity index (χ2v) is 9.66. The van der Waals surface area contributed by atoms with E-state index in [1.54, 1.807) is 11.3 Å². The highest BCUT2D eigenvalue weighted by Crippen LogP contribution is 2.35. The molecule has 0 atom stereocenters. The van der Waals surface area contributed by atoms with Crippen molar-refractivity contribution >= 4 is 34.5 Å². The van der Waals surface area contributed by atoms with Gasteiger partial charge in [0.05, 0.1) is 16.3 Å². The number of aryl methyl sites for hydroxylation is 2. The van der Waals surface area contributed by atoms with Gasteiger partial charge in [-0.3, -0.25) is 9.89 Å². The summed E-state index contributed by atoms with van der Waals surface area (Å²) in [6, 6.07) is 18.0. The van der Waals surface area contributed by atoms with Crippen molar-refractivity contribution in [2.24, 2.45) is 0 Å². The number of benzene rings is 2. The number of piperazine rings is 1. The quantitative estimate of drug-likeness (QED) is 0.425. The van der Waals surface area contributed by atoms with Crippen LogP contribution in [0, 0.1) is 13.8 Å². The highest BCUT2D eigenvalue weighted by Gasteiger charge is 2.25. The molecule has 1 aliphatic rings. The largest absolute Gasteiger partial charge is 0.368 e. The number of nitrogens with one attached hydrogen (secondary N) is 1. The van der Waals surface area contributed by atoms with Gasteiger partial charge in [0, 0.05) is 42.5 Å². The molecule has 6 nitrogen and oxygen atoms in total. The maximum absolute atomic E-state index is 13.1. The van der Waals surface area contributed by atoms with Crippen molar-refractivity contribution in [1.29, 1.82) is 0 Å². The topological polar surface area (TPSA) is 65.1 Å². The third-order valence-corrected chi connectivity index (χ3v) is 7.32. The molecule has 1 saturated heterocycles. The Morgan fingerprint density at radius 3 is 2.58 bits per heavy atom. The molecule has 3 heterocycles. The molecule has 1 fully saturated rings. The predicted octanol–water partition coefficient (Wildman–Crippen LogP) is 5.43. The molecule has 168 valence electrons. The monoisotopic (exact) mass is 477 g/mol. The van der Waals surface area contributed by atoms with Gasteiger partial charge in [-0.15, -0.1) is 11.3 Å². The molecule has 5 rings (SSSR count). The lowest BCUT2D eigenvalue weighted by Gasteiger charge is -2.35. The predicted molar refractivity (Wildman–Crippen MR) is 134 cm³/mol. The normalized spacial score (nSPS) is 14.0. The van der Waals surface area contributed by atoms with Crippen LogP contribution in [0.4, 0.5) is 5.69 Å². The maximum Gasteiger partial charge on any atom is 0.274 e. The number of rotatable bonds is 4. The summed E-state index contributed by atoms with van der Waals surface area (Å²) >= 11 is 7.73. The van der Waals surface area contributed by atoms with Gasteiger partial charge in [0.2, 0.25) is 0 Å². The molecule has 1 amide bonds. The van der Waals surface area contributed by atoms with Gasteiger partial charge in [-0.25, -0.2) is 4.98 Å². The fraction of sp³-hybridized carbons (Fsp3) is 0.240. The van der Waals surface area contributed by atoms with E-state index in [-0.39, 0.29) is 5.91 Å². The summed E-state index contributed by atoms with van der Waals surface area (Å²) in [4.78, 5) is 22.9. The Balaban J connectivity index is 1.29. The van der Waals surface area contributed by atoms with E-state index in [4.69, 9.17) is 16.6 Å². The first kappa shape index (κ1) is 21.7. The molecule has 1 aliphatic heterocycles. The zero-order chi connectivity index (χ0) is 22.9. The molecule has 0 spiro atoms. The standard InChI is InChI=1S/C25H24ClN5OS/c1-16-5-3-6-18(13-16)24-27-17(2)23(33-24)21-15-22(29-28-21)25(32)31-11-9-30(10-12-31)20-8-4-7-19(26)14-20/h3-8,13-15H,9-12H2,1-2H3,(H,28,29). The van der Waals surface area contributed by atoms with Gasteiger partial charge < -0.3 is 9.80 Å². The summed E-state index contributed by atoms with van der Waals surface area (Å²) in [5.41, 5.74) is 5.57. The van der Waals surface area contributed by atoms with E-state index in [0.717, 1.165) is 50.6 Å². The van der Waals surface area contributed by atoms with E-state index in [2.05, 4.69) is 40.2 Å². The minimum atomic E-state index is -0.0516. The number of anilines is 1. The zero-order valence-electron chi connectivity index (χ0n) is 18.5. The second-order valence-electron chi connectivity index (χ2n) is 8.23. The number of carbonyl (C=O) groups excluding carboxylic acids is 1. The molecule has 0 aliphatic carbocycles. The van der Waals surface area contributed by atoms with Crippen molar-refractivity contribution < 1.29 is 4.79 Å². The number of H-pyrrole nitrogens is 1. The minimum absolute atomic E-state index is 0.0516. The van der Waals surface area contributed by atoms with E-state index >= 15 is 0 Å². The van der Waals surface area contributed by atoms with E-state index < -0.39 is 0 Å². The van der Waals surface area contributed by atoms with Crippen molar-refractivity contribution in [3.63, 3.8) is 0 Å². The van der Waals surface area contributed by atoms with Crippen LogP contribution in [0.1, 0.15) is 21.7 Å². The smallest absolute Gasteiger partial charge is 0.274 e. The molecule has 8 heteroatoms. The van der Waals surface area contributed by atoms with Crippen LogP contribution in [0.2, 0.25) is 5.02 Å². The van der Waals surface area contributed by atoms with Gasteiger partial charge >= 0.3 is 0 Å². The van der Waals surface area contributed by atoms with E-state index in [9.17, 15) is 4.79 Å². The van der Waals surface area contributed by atoms with Gasteiger partial charge in [-0.05, 0) is 44.2 Å². The van der Waals surface area contributed by atoms with E-state index in [0.29, 0.717) is 18.8 Å². The van der Waals surface area contributed by atoms with Crippen LogP contribution >= 0.6 is 22.9 Å². The third kappa shape index (κ3) is 4.51. The van der Waals surface area contributed by atoms with Crippen molar-refractivity contribution in [1.82, 2.24) is 20.1 Å². The molecule has 0 bridgehead atoms. The van der Waals surface area contributed by atoms with Crippen LogP contribution < -0.4 is 4.90 Å². The number of halogens is 1. The highest BCUT2D eigenvalue weighted by atomic mass is 35.5. The van der Waals surface area contributed by atoms with Crippen LogP contribution in [0.3, 0.4) is 0 Å². The van der Waals surface area contributed by atoms with Crippen molar-refractivity contribution in [2.75, 3.05) is 31.1 Å². The molecule has 0 unspecified atom stereocenters. The van der Waals surface area contributed by atoms with Crippen LogP contribution in [-0.2, 0) is 0 Å². The number of aromatic amines is 1. The summed E-state index contributed by atoms with van der Waals surface area (Å²) in [6.07, 6.45) is 0. The van der Waals surface area contributed by atoms with Crippen LogP contribution in [-0.4, -0.2) is 52.2 Å². The number of thiazole rings is 1. The molecular formula is C25H24ClN5OS. The number of hydrogen-bond donors (Lipinski definition) is 1. The minimum Gasteiger partial charge on any atom is -0.368 e. The van der Waals surface area contributed by atoms with Gasteiger partial charge in [-0.1, -0.05) is 41.4 Å². The molecule has 33 heavy (non-hydrogen) atoms. The number of carbonyl (C=O) groups is 1. The lowest BCUT2D eigenvalue weighted by atomic mass is 10.1. The fourth-order valence-corrected chi connectivity index (χ4v) is 5.31. The lowest BCUT2D eigenvalue weighted by Crippen LogP contribution is -2.48. The first-order valence-corrected chi connectivity index (χ1v) is 12.1. The molecule has 1 N–H and O–H groups in total. The number of aromatic nitrogens is 3. The Kier molecular flexibility index (Phi) is 5.91. The van der Waals surface area contributed by atoms with Crippen LogP contribution in [0.5, 0.6) is 0 Å². The summed E-state index contributed by atoms with van der Waals surface area (Å²) in [6.45, 7) is 6.87. The molecular weight excluding hydrogens is 454 g/mol. The summed E-state index contributed by atoms with van der Waals surface area (Å²) in [5.74, 6) is -0.0516. The molecule has 4 aromatic rings. The molecule has 0 radical (unpaired) electrons. The van der Waals surface area contributed by atoms with Gasteiger partial charge in [-0.2, -0.15) is 5.10 Å². The lowest BCUT2D eigenvalue weighted by molar-refractivity contribution is 0.0741. The molecule has 2 aromatic heterocycles. The number of amides is 1. The fourth-order valence-electron chi connectivity index (χ4n) is 4.10. The Bertz CT molecular complexity index is 1310. The Labute approximate surface area is 201 Å². The summed E-state index contributed by atoms with van der Waals surface area (Å²) in [7, 11) is 0. The molecule has 2 aromatic carbocycles. The first-order chi connectivity index (χ1) is 16.0. The zero-order valence-corrected chi connectivity index (χ0v) is 20.1. The van der Waals surface area contributed by atoms with Gasteiger partial charge in [0.15, 0.2) is 5.69 Å². The summed E-state index contributed by atoms with van der Waals surface area (Å²) in [5, 5.41) is 9.06.